The summed E-state index contributed by atoms with van der Waals surface area (Å²) in [4.78, 5) is 13.0. The van der Waals surface area contributed by atoms with E-state index in [1.165, 1.54) is 37.6 Å². The van der Waals surface area contributed by atoms with Crippen molar-refractivity contribution in [2.24, 2.45) is 0 Å². The number of hydrogen-bond acceptors (Lipinski definition) is 7. The summed E-state index contributed by atoms with van der Waals surface area (Å²) in [6, 6.07) is 6.45. The zero-order valence-corrected chi connectivity index (χ0v) is 16.6. The molecule has 31 heavy (non-hydrogen) atoms. The molecule has 1 aliphatic heterocycles. The third-order valence-electron chi connectivity index (χ3n) is 5.79. The normalized spacial score (nSPS) is 26.2. The minimum absolute atomic E-state index is 0.194. The van der Waals surface area contributed by atoms with E-state index in [9.17, 15) is 14.6 Å². The van der Waals surface area contributed by atoms with Crippen LogP contribution in [0.4, 0.5) is 10.2 Å². The van der Waals surface area contributed by atoms with E-state index in [1.807, 2.05) is 0 Å². The molecule has 4 atom stereocenters. The summed E-state index contributed by atoms with van der Waals surface area (Å²) in [6.07, 6.45) is 3.06. The molecule has 9 heteroatoms. The average Bonchev–Trinajstić information content (AvgIpc) is 3.50. The Morgan fingerprint density at radius 1 is 1.10 bits per heavy atom. The highest BCUT2D eigenvalue weighted by atomic mass is 19.1. The molecule has 1 aromatic carbocycles. The summed E-state index contributed by atoms with van der Waals surface area (Å²) >= 11 is 0. The number of benzene rings is 1. The number of aliphatic hydroxyl groups is 2. The maximum atomic E-state index is 13.8. The molecule has 160 valence electrons. The van der Waals surface area contributed by atoms with Crippen LogP contribution in [0, 0.1) is 17.7 Å². The van der Waals surface area contributed by atoms with E-state index in [0.29, 0.717) is 23.0 Å². The minimum atomic E-state index is -1.26. The zero-order valence-electron chi connectivity index (χ0n) is 16.6. The first kappa shape index (κ1) is 19.9. The number of anilines is 1. The lowest BCUT2D eigenvalue weighted by atomic mass is 10.1. The van der Waals surface area contributed by atoms with E-state index in [2.05, 4.69) is 32.1 Å². The number of fused-ring (bicyclic) bond motifs is 1. The lowest BCUT2D eigenvalue weighted by Crippen LogP contribution is -2.31. The van der Waals surface area contributed by atoms with Gasteiger partial charge in [-0.05, 0) is 25.0 Å². The van der Waals surface area contributed by atoms with Gasteiger partial charge in [0.1, 0.15) is 30.5 Å². The second-order valence-electron chi connectivity index (χ2n) is 7.85. The molecule has 3 aromatic rings. The van der Waals surface area contributed by atoms with Crippen molar-refractivity contribution in [1.29, 1.82) is 0 Å². The summed E-state index contributed by atoms with van der Waals surface area (Å²) < 4.78 is 21.2. The smallest absolute Gasteiger partial charge is 0.167 e. The van der Waals surface area contributed by atoms with Gasteiger partial charge in [0.05, 0.1) is 11.9 Å². The van der Waals surface area contributed by atoms with E-state index in [1.54, 1.807) is 16.7 Å². The van der Waals surface area contributed by atoms with Crippen LogP contribution in [0.25, 0.3) is 11.2 Å². The molecule has 1 saturated carbocycles. The molecule has 0 amide bonds. The molecule has 5 rings (SSSR count). The Balaban J connectivity index is 1.41. The van der Waals surface area contributed by atoms with E-state index >= 15 is 0 Å². The molecule has 8 nitrogen and oxygen atoms in total. The first-order valence-electron chi connectivity index (χ1n) is 10.3. The maximum Gasteiger partial charge on any atom is 0.167 e. The number of nitrogens with zero attached hydrogens (tertiary/aromatic N) is 4. The summed E-state index contributed by atoms with van der Waals surface area (Å²) in [6.45, 7) is 0. The topological polar surface area (TPSA) is 105 Å². The Morgan fingerprint density at radius 2 is 1.90 bits per heavy atom. The average molecular weight is 423 g/mol. The van der Waals surface area contributed by atoms with Gasteiger partial charge >= 0.3 is 0 Å². The molecule has 2 fully saturated rings. The van der Waals surface area contributed by atoms with E-state index in [4.69, 9.17) is 4.74 Å². The van der Waals surface area contributed by atoms with Crippen LogP contribution in [-0.4, -0.2) is 54.1 Å². The molecule has 2 aliphatic rings. The summed E-state index contributed by atoms with van der Waals surface area (Å²) in [5, 5.41) is 24.4. The van der Waals surface area contributed by atoms with Gasteiger partial charge in [-0.1, -0.05) is 36.8 Å². The second kappa shape index (κ2) is 8.23. The monoisotopic (exact) mass is 423 g/mol. The van der Waals surface area contributed by atoms with Crippen LogP contribution in [0.15, 0.2) is 36.9 Å². The van der Waals surface area contributed by atoms with Gasteiger partial charge in [-0.25, -0.2) is 19.3 Å². The van der Waals surface area contributed by atoms with Crippen LogP contribution in [0.5, 0.6) is 0 Å². The first-order chi connectivity index (χ1) is 15.1. The van der Waals surface area contributed by atoms with Gasteiger partial charge in [-0.3, -0.25) is 4.57 Å². The van der Waals surface area contributed by atoms with Crippen molar-refractivity contribution < 1.29 is 19.3 Å². The standard InChI is InChI=1S/C22H22FN5O3/c23-15-8-4-1-5-13(15)9-10-16-18(29)19(30)22(31-16)28-12-26-17-20(24-11-25-21(17)28)27-14-6-2-3-7-14/h1,4-5,8,11-12,14,16,18-19,22,29-30H,2-3,6-7H2,(H,24,25,27)/t16-,18+,19+,22-/m1/s1. The molecule has 1 saturated heterocycles. The molecule has 2 aromatic heterocycles. The van der Waals surface area contributed by atoms with Gasteiger partial charge in [0, 0.05) is 6.04 Å². The Bertz CT molecular complexity index is 1150. The third-order valence-corrected chi connectivity index (χ3v) is 5.79. The highest BCUT2D eigenvalue weighted by molar-refractivity contribution is 5.82. The van der Waals surface area contributed by atoms with Crippen molar-refractivity contribution >= 4 is 17.0 Å². The highest BCUT2D eigenvalue weighted by Crippen LogP contribution is 2.32. The van der Waals surface area contributed by atoms with Crippen LogP contribution in [0.2, 0.25) is 0 Å². The first-order valence-corrected chi connectivity index (χ1v) is 10.3. The van der Waals surface area contributed by atoms with E-state index in [-0.39, 0.29) is 5.56 Å². The largest absolute Gasteiger partial charge is 0.386 e. The number of imidazole rings is 1. The van der Waals surface area contributed by atoms with Crippen molar-refractivity contribution in [2.75, 3.05) is 5.32 Å². The van der Waals surface area contributed by atoms with Crippen LogP contribution in [0.3, 0.4) is 0 Å². The number of aliphatic hydroxyl groups excluding tert-OH is 2. The van der Waals surface area contributed by atoms with Crippen LogP contribution < -0.4 is 5.32 Å². The zero-order chi connectivity index (χ0) is 21.4. The fraction of sp³-hybridized carbons (Fsp3) is 0.409. The number of rotatable bonds is 3. The number of aromatic nitrogens is 4. The predicted molar refractivity (Wildman–Crippen MR) is 110 cm³/mol. The second-order valence-corrected chi connectivity index (χ2v) is 7.85. The molecule has 0 bridgehead atoms. The quantitative estimate of drug-likeness (QED) is 0.554. The molecular formula is C22H22FN5O3. The summed E-state index contributed by atoms with van der Waals surface area (Å²) in [5.41, 5.74) is 1.25. The molecule has 0 spiro atoms. The number of halogens is 1. The maximum absolute atomic E-state index is 13.8. The van der Waals surface area contributed by atoms with Crippen molar-refractivity contribution in [1.82, 2.24) is 19.5 Å². The molecule has 0 radical (unpaired) electrons. The number of nitrogens with one attached hydrogen (secondary N) is 1. The van der Waals surface area contributed by atoms with Crippen LogP contribution in [-0.2, 0) is 4.74 Å². The van der Waals surface area contributed by atoms with Crippen LogP contribution >= 0.6 is 0 Å². The SMILES string of the molecule is O[C@@H]1[C@H](O)[C@H](n2cnc3c(NC4CCCC4)ncnc32)O[C@@H]1C#Cc1ccccc1F. The Kier molecular flexibility index (Phi) is 5.28. The highest BCUT2D eigenvalue weighted by Gasteiger charge is 2.43. The lowest BCUT2D eigenvalue weighted by molar-refractivity contribution is -0.0230. The minimum Gasteiger partial charge on any atom is -0.386 e. The van der Waals surface area contributed by atoms with Gasteiger partial charge in [-0.2, -0.15) is 0 Å². The van der Waals surface area contributed by atoms with Gasteiger partial charge in [0.25, 0.3) is 0 Å². The Hall–Kier alpha value is -3.06. The molecule has 1 aliphatic carbocycles. The van der Waals surface area contributed by atoms with E-state index < -0.39 is 30.4 Å². The van der Waals surface area contributed by atoms with Crippen molar-refractivity contribution in [3.8, 4) is 11.8 Å². The van der Waals surface area contributed by atoms with Crippen molar-refractivity contribution in [2.45, 2.75) is 56.3 Å². The molecule has 3 heterocycles. The van der Waals surface area contributed by atoms with E-state index in [0.717, 1.165) is 12.8 Å². The number of ether oxygens (including phenoxy) is 1. The van der Waals surface area contributed by atoms with Crippen LogP contribution in [0.1, 0.15) is 37.5 Å². The third kappa shape index (κ3) is 3.74. The van der Waals surface area contributed by atoms with Crippen molar-refractivity contribution in [3.05, 3.63) is 48.3 Å². The summed E-state index contributed by atoms with van der Waals surface area (Å²) in [5.74, 6) is 5.57. The predicted octanol–water partition coefficient (Wildman–Crippen LogP) is 1.99. The number of hydrogen-bond donors (Lipinski definition) is 3. The molecule has 0 unspecified atom stereocenters. The molecular weight excluding hydrogens is 401 g/mol. The van der Waals surface area contributed by atoms with Gasteiger partial charge in [0.2, 0.25) is 0 Å². The lowest BCUT2D eigenvalue weighted by Gasteiger charge is -2.16. The Labute approximate surface area is 178 Å². The van der Waals surface area contributed by atoms with Crippen molar-refractivity contribution in [3.63, 3.8) is 0 Å². The Morgan fingerprint density at radius 3 is 2.71 bits per heavy atom. The summed E-state index contributed by atoms with van der Waals surface area (Å²) in [7, 11) is 0. The van der Waals surface area contributed by atoms with Gasteiger partial charge in [0.15, 0.2) is 23.2 Å². The fourth-order valence-electron chi connectivity index (χ4n) is 4.13. The molecule has 3 N–H and O–H groups in total. The van der Waals surface area contributed by atoms with Gasteiger partial charge in [-0.15, -0.1) is 0 Å². The van der Waals surface area contributed by atoms with Gasteiger partial charge < -0.3 is 20.3 Å². The fourth-order valence-corrected chi connectivity index (χ4v) is 4.13.